The number of phenolic OH excluding ortho intramolecular Hbond substituents is 1. The summed E-state index contributed by atoms with van der Waals surface area (Å²) in [5, 5.41) is 25.8. The summed E-state index contributed by atoms with van der Waals surface area (Å²) < 4.78 is 0. The molecule has 1 aromatic rings. The van der Waals surface area contributed by atoms with Crippen molar-refractivity contribution in [3.63, 3.8) is 0 Å². The number of rotatable bonds is 3. The molecule has 1 aliphatic rings. The second-order valence-corrected chi connectivity index (χ2v) is 4.69. The summed E-state index contributed by atoms with van der Waals surface area (Å²) in [5.41, 5.74) is -0.209. The molecule has 7 heteroatoms. The molecule has 0 bridgehead atoms. The van der Waals surface area contributed by atoms with Crippen molar-refractivity contribution in [1.82, 2.24) is 5.32 Å². The maximum absolute atomic E-state index is 12.0. The molecule has 0 aliphatic carbocycles. The fourth-order valence-corrected chi connectivity index (χ4v) is 2.16. The first-order chi connectivity index (χ1) is 8.99. The van der Waals surface area contributed by atoms with Crippen LogP contribution in [0.2, 0.25) is 0 Å². The smallest absolute Gasteiger partial charge is 0.296 e. The Kier molecular flexibility index (Phi) is 3.66. The zero-order valence-electron chi connectivity index (χ0n) is 10.4. The van der Waals surface area contributed by atoms with Crippen molar-refractivity contribution in [2.45, 2.75) is 6.92 Å². The predicted octanol–water partition coefficient (Wildman–Crippen LogP) is 1.09. The van der Waals surface area contributed by atoms with Gasteiger partial charge in [0.25, 0.3) is 5.69 Å². The van der Waals surface area contributed by atoms with E-state index in [0.29, 0.717) is 6.54 Å². The number of benzene rings is 1. The summed E-state index contributed by atoms with van der Waals surface area (Å²) in [5.74, 6) is -0.462. The Morgan fingerprint density at radius 3 is 2.84 bits per heavy atom. The standard InChI is InChI=1S/C12H15N3O4/c1-7-5-13-6-9(7)12(17)14-10-3-2-8(16)4-11(10)15(18)19/h2-4,7,9,13,16H,5-6H2,1H3,(H,14,17)/t7-,9-/m1/s1. The van der Waals surface area contributed by atoms with Crippen LogP contribution >= 0.6 is 0 Å². The van der Waals surface area contributed by atoms with E-state index in [9.17, 15) is 20.0 Å². The number of aromatic hydroxyl groups is 1. The number of hydrogen-bond acceptors (Lipinski definition) is 5. The molecule has 1 aliphatic heterocycles. The van der Waals surface area contributed by atoms with Crippen molar-refractivity contribution < 1.29 is 14.8 Å². The molecule has 0 spiro atoms. The number of carbonyl (C=O) groups excluding carboxylic acids is 1. The Bertz CT molecular complexity index is 518. The quantitative estimate of drug-likeness (QED) is 0.431. The van der Waals surface area contributed by atoms with Gasteiger partial charge >= 0.3 is 0 Å². The van der Waals surface area contributed by atoms with Gasteiger partial charge in [-0.15, -0.1) is 0 Å². The Morgan fingerprint density at radius 1 is 1.53 bits per heavy atom. The van der Waals surface area contributed by atoms with E-state index in [0.717, 1.165) is 12.6 Å². The number of nitro benzene ring substituents is 1. The van der Waals surface area contributed by atoms with Crippen molar-refractivity contribution >= 4 is 17.3 Å². The highest BCUT2D eigenvalue weighted by Gasteiger charge is 2.30. The molecule has 2 rings (SSSR count). The van der Waals surface area contributed by atoms with Gasteiger partial charge in [-0.25, -0.2) is 0 Å². The molecular weight excluding hydrogens is 250 g/mol. The molecule has 1 saturated heterocycles. The number of hydrogen-bond donors (Lipinski definition) is 3. The molecule has 0 saturated carbocycles. The van der Waals surface area contributed by atoms with E-state index >= 15 is 0 Å². The summed E-state index contributed by atoms with van der Waals surface area (Å²) in [4.78, 5) is 22.3. The van der Waals surface area contributed by atoms with Crippen molar-refractivity contribution in [2.24, 2.45) is 11.8 Å². The van der Waals surface area contributed by atoms with Crippen LogP contribution in [0.1, 0.15) is 6.92 Å². The number of amides is 1. The zero-order valence-corrected chi connectivity index (χ0v) is 10.4. The first-order valence-electron chi connectivity index (χ1n) is 5.98. The second-order valence-electron chi connectivity index (χ2n) is 4.69. The lowest BCUT2D eigenvalue weighted by molar-refractivity contribution is -0.384. The van der Waals surface area contributed by atoms with Crippen molar-refractivity contribution in [2.75, 3.05) is 18.4 Å². The van der Waals surface area contributed by atoms with E-state index in [1.165, 1.54) is 12.1 Å². The van der Waals surface area contributed by atoms with Gasteiger partial charge in [0.15, 0.2) is 0 Å². The zero-order chi connectivity index (χ0) is 14.0. The average molecular weight is 265 g/mol. The molecule has 7 nitrogen and oxygen atoms in total. The van der Waals surface area contributed by atoms with Crippen LogP contribution in [0, 0.1) is 22.0 Å². The Morgan fingerprint density at radius 2 is 2.26 bits per heavy atom. The number of nitrogens with one attached hydrogen (secondary N) is 2. The van der Waals surface area contributed by atoms with Crippen LogP contribution in [-0.4, -0.2) is 29.0 Å². The molecule has 3 N–H and O–H groups in total. The largest absolute Gasteiger partial charge is 0.508 e. The van der Waals surface area contributed by atoms with Gasteiger partial charge < -0.3 is 15.7 Å². The van der Waals surface area contributed by atoms with E-state index in [4.69, 9.17) is 0 Å². The third kappa shape index (κ3) is 2.82. The number of nitrogens with zero attached hydrogens (tertiary/aromatic N) is 1. The highest BCUT2D eigenvalue weighted by Crippen LogP contribution is 2.29. The first-order valence-corrected chi connectivity index (χ1v) is 5.98. The Hall–Kier alpha value is -2.15. The normalized spacial score (nSPS) is 22.2. The van der Waals surface area contributed by atoms with Crippen LogP contribution in [0.4, 0.5) is 11.4 Å². The predicted molar refractivity (Wildman–Crippen MR) is 68.9 cm³/mol. The van der Waals surface area contributed by atoms with E-state index < -0.39 is 4.92 Å². The van der Waals surface area contributed by atoms with Gasteiger partial charge in [-0.1, -0.05) is 6.92 Å². The second kappa shape index (κ2) is 5.23. The van der Waals surface area contributed by atoms with Crippen LogP contribution in [0.15, 0.2) is 18.2 Å². The maximum Gasteiger partial charge on any atom is 0.296 e. The third-order valence-corrected chi connectivity index (χ3v) is 3.29. The molecule has 0 aromatic heterocycles. The van der Waals surface area contributed by atoms with E-state index in [1.54, 1.807) is 0 Å². The van der Waals surface area contributed by atoms with Crippen molar-refractivity contribution in [3.05, 3.63) is 28.3 Å². The summed E-state index contributed by atoms with van der Waals surface area (Å²) in [6.45, 7) is 3.28. The SMILES string of the molecule is C[C@@H]1CNC[C@H]1C(=O)Nc1ccc(O)cc1[N+](=O)[O-]. The molecule has 0 radical (unpaired) electrons. The number of carbonyl (C=O) groups is 1. The number of anilines is 1. The van der Waals surface area contributed by atoms with Gasteiger partial charge in [0.2, 0.25) is 5.91 Å². The fourth-order valence-electron chi connectivity index (χ4n) is 2.16. The third-order valence-electron chi connectivity index (χ3n) is 3.29. The first kappa shape index (κ1) is 13.3. The molecule has 1 amide bonds. The topological polar surface area (TPSA) is 104 Å². The van der Waals surface area contributed by atoms with Crippen LogP contribution < -0.4 is 10.6 Å². The molecule has 102 valence electrons. The van der Waals surface area contributed by atoms with Gasteiger partial charge in [0, 0.05) is 6.54 Å². The summed E-state index contributed by atoms with van der Waals surface area (Å²) >= 11 is 0. The Balaban J connectivity index is 2.19. The van der Waals surface area contributed by atoms with Crippen LogP contribution in [-0.2, 0) is 4.79 Å². The highest BCUT2D eigenvalue weighted by molar-refractivity contribution is 5.95. The van der Waals surface area contributed by atoms with Crippen molar-refractivity contribution in [1.29, 1.82) is 0 Å². The fraction of sp³-hybridized carbons (Fsp3) is 0.417. The molecule has 2 atom stereocenters. The molecule has 0 unspecified atom stereocenters. The molecule has 1 heterocycles. The minimum atomic E-state index is -0.633. The summed E-state index contributed by atoms with van der Waals surface area (Å²) in [6, 6.07) is 3.66. The van der Waals surface area contributed by atoms with Crippen LogP contribution in [0.5, 0.6) is 5.75 Å². The summed E-state index contributed by atoms with van der Waals surface area (Å²) in [7, 11) is 0. The Labute approximate surface area is 109 Å². The minimum Gasteiger partial charge on any atom is -0.508 e. The van der Waals surface area contributed by atoms with Crippen LogP contribution in [0.25, 0.3) is 0 Å². The lowest BCUT2D eigenvalue weighted by Gasteiger charge is -2.14. The molecule has 1 aromatic carbocycles. The van der Waals surface area contributed by atoms with Gasteiger partial charge in [-0.2, -0.15) is 0 Å². The van der Waals surface area contributed by atoms with Gasteiger partial charge in [0.05, 0.1) is 16.9 Å². The van der Waals surface area contributed by atoms with E-state index in [-0.39, 0.29) is 34.9 Å². The van der Waals surface area contributed by atoms with Gasteiger partial charge in [-0.3, -0.25) is 14.9 Å². The summed E-state index contributed by atoms with van der Waals surface area (Å²) in [6.07, 6.45) is 0. The van der Waals surface area contributed by atoms with E-state index in [2.05, 4.69) is 10.6 Å². The minimum absolute atomic E-state index is 0.104. The number of nitro groups is 1. The lowest BCUT2D eigenvalue weighted by Crippen LogP contribution is -2.28. The lowest BCUT2D eigenvalue weighted by atomic mass is 9.97. The average Bonchev–Trinajstić information content (AvgIpc) is 2.77. The van der Waals surface area contributed by atoms with Gasteiger partial charge in [-0.05, 0) is 24.6 Å². The maximum atomic E-state index is 12.0. The number of phenols is 1. The van der Waals surface area contributed by atoms with Crippen LogP contribution in [0.3, 0.4) is 0 Å². The van der Waals surface area contributed by atoms with E-state index in [1.807, 2.05) is 6.92 Å². The molecule has 19 heavy (non-hydrogen) atoms. The monoisotopic (exact) mass is 265 g/mol. The molecular formula is C12H15N3O4. The van der Waals surface area contributed by atoms with Gasteiger partial charge in [0.1, 0.15) is 11.4 Å². The highest BCUT2D eigenvalue weighted by atomic mass is 16.6. The molecule has 1 fully saturated rings. The van der Waals surface area contributed by atoms with Crippen molar-refractivity contribution in [3.8, 4) is 5.75 Å².